The second-order valence-electron chi connectivity index (χ2n) is 6.35. The zero-order valence-corrected chi connectivity index (χ0v) is 12.0. The van der Waals surface area contributed by atoms with E-state index < -0.39 is 0 Å². The van der Waals surface area contributed by atoms with Crippen molar-refractivity contribution in [2.45, 2.75) is 53.1 Å². The van der Waals surface area contributed by atoms with Crippen LogP contribution < -0.4 is 10.2 Å². The van der Waals surface area contributed by atoms with Gasteiger partial charge < -0.3 is 14.6 Å². The third-order valence-electron chi connectivity index (χ3n) is 3.40. The van der Waals surface area contributed by atoms with Crippen molar-refractivity contribution in [3.63, 3.8) is 0 Å². The Hall–Kier alpha value is -1.03. The molecule has 4 nitrogen and oxygen atoms in total. The minimum Gasteiger partial charge on any atom is -0.432 e. The lowest BCUT2D eigenvalue weighted by molar-refractivity contribution is 0.283. The first-order chi connectivity index (χ1) is 8.46. The van der Waals surface area contributed by atoms with E-state index in [-0.39, 0.29) is 0 Å². The Labute approximate surface area is 110 Å². The quantitative estimate of drug-likeness (QED) is 0.893. The summed E-state index contributed by atoms with van der Waals surface area (Å²) in [7, 11) is 0. The number of hydrogen-bond acceptors (Lipinski definition) is 4. The summed E-state index contributed by atoms with van der Waals surface area (Å²) in [5.74, 6) is 0. The van der Waals surface area contributed by atoms with Crippen molar-refractivity contribution in [1.29, 1.82) is 0 Å². The fraction of sp³-hybridized carbons (Fsp3) is 0.786. The molecular weight excluding hydrogens is 226 g/mol. The van der Waals surface area contributed by atoms with Crippen LogP contribution in [0, 0.1) is 5.41 Å². The van der Waals surface area contributed by atoms with Crippen molar-refractivity contribution in [1.82, 2.24) is 10.3 Å². The average Bonchev–Trinajstić information content (AvgIpc) is 2.73. The highest BCUT2D eigenvalue weighted by Crippen LogP contribution is 2.31. The highest BCUT2D eigenvalue weighted by atomic mass is 16.4. The van der Waals surface area contributed by atoms with E-state index in [4.69, 9.17) is 4.42 Å². The fourth-order valence-electron chi connectivity index (χ4n) is 2.42. The molecule has 1 N–H and O–H groups in total. The molecule has 4 heteroatoms. The van der Waals surface area contributed by atoms with Gasteiger partial charge in [-0.1, -0.05) is 27.7 Å². The predicted octanol–water partition coefficient (Wildman–Crippen LogP) is 2.80. The van der Waals surface area contributed by atoms with Gasteiger partial charge in [-0.25, -0.2) is 0 Å². The number of anilines is 1. The summed E-state index contributed by atoms with van der Waals surface area (Å²) < 4.78 is 5.60. The summed E-state index contributed by atoms with van der Waals surface area (Å²) in [6.07, 6.45) is 4.27. The highest BCUT2D eigenvalue weighted by Gasteiger charge is 2.28. The van der Waals surface area contributed by atoms with Gasteiger partial charge in [0, 0.05) is 25.7 Å². The van der Waals surface area contributed by atoms with E-state index in [1.165, 1.54) is 12.8 Å². The Morgan fingerprint density at radius 1 is 1.50 bits per heavy atom. The molecule has 1 aromatic heterocycles. The molecule has 0 unspecified atom stereocenters. The Morgan fingerprint density at radius 3 is 2.94 bits per heavy atom. The summed E-state index contributed by atoms with van der Waals surface area (Å²) in [4.78, 5) is 6.83. The number of oxazole rings is 1. The van der Waals surface area contributed by atoms with Crippen LogP contribution in [0.15, 0.2) is 10.7 Å². The fourth-order valence-corrected chi connectivity index (χ4v) is 2.42. The van der Waals surface area contributed by atoms with Gasteiger partial charge >= 0.3 is 0 Å². The van der Waals surface area contributed by atoms with E-state index in [2.05, 4.69) is 42.9 Å². The summed E-state index contributed by atoms with van der Waals surface area (Å²) in [5, 5.41) is 3.35. The van der Waals surface area contributed by atoms with Crippen molar-refractivity contribution in [3.05, 3.63) is 12.0 Å². The van der Waals surface area contributed by atoms with E-state index in [0.29, 0.717) is 11.5 Å². The van der Waals surface area contributed by atoms with Gasteiger partial charge in [-0.3, -0.25) is 0 Å². The van der Waals surface area contributed by atoms with Crippen LogP contribution in [0.4, 0.5) is 6.01 Å². The molecule has 1 aliphatic heterocycles. The third-order valence-corrected chi connectivity index (χ3v) is 3.40. The zero-order chi connectivity index (χ0) is 13.2. The van der Waals surface area contributed by atoms with Crippen molar-refractivity contribution < 1.29 is 4.42 Å². The molecular formula is C14H25N3O. The molecule has 0 spiro atoms. The van der Waals surface area contributed by atoms with Crippen molar-refractivity contribution >= 4 is 6.01 Å². The first-order valence-corrected chi connectivity index (χ1v) is 6.89. The van der Waals surface area contributed by atoms with Gasteiger partial charge in [0.1, 0.15) is 6.26 Å². The molecule has 0 atom stereocenters. The second-order valence-corrected chi connectivity index (χ2v) is 6.35. The monoisotopic (exact) mass is 251 g/mol. The van der Waals surface area contributed by atoms with E-state index in [1.54, 1.807) is 6.26 Å². The maximum absolute atomic E-state index is 5.60. The van der Waals surface area contributed by atoms with Crippen LogP contribution in [0.3, 0.4) is 0 Å². The molecule has 18 heavy (non-hydrogen) atoms. The average molecular weight is 251 g/mol. The van der Waals surface area contributed by atoms with E-state index in [9.17, 15) is 0 Å². The smallest absolute Gasteiger partial charge is 0.297 e. The third kappa shape index (κ3) is 3.48. The Morgan fingerprint density at radius 2 is 2.28 bits per heavy atom. The van der Waals surface area contributed by atoms with Crippen LogP contribution in [0.5, 0.6) is 0 Å². The van der Waals surface area contributed by atoms with E-state index in [1.807, 2.05) is 0 Å². The molecule has 1 fully saturated rings. The lowest BCUT2D eigenvalue weighted by Crippen LogP contribution is -2.40. The number of piperidine rings is 1. The summed E-state index contributed by atoms with van der Waals surface area (Å²) in [5.41, 5.74) is 1.35. The molecule has 0 amide bonds. The molecule has 0 saturated carbocycles. The van der Waals surface area contributed by atoms with E-state index in [0.717, 1.165) is 31.3 Å². The predicted molar refractivity (Wildman–Crippen MR) is 73.7 cm³/mol. The summed E-state index contributed by atoms with van der Waals surface area (Å²) in [6, 6.07) is 1.25. The lowest BCUT2D eigenvalue weighted by Gasteiger charge is -2.37. The lowest BCUT2D eigenvalue weighted by atomic mass is 9.84. The minimum absolute atomic E-state index is 0.364. The summed E-state index contributed by atoms with van der Waals surface area (Å²) in [6.45, 7) is 11.7. The van der Waals surface area contributed by atoms with Crippen molar-refractivity contribution in [2.24, 2.45) is 5.41 Å². The van der Waals surface area contributed by atoms with Crippen LogP contribution in [0.1, 0.15) is 46.2 Å². The first kappa shape index (κ1) is 13.4. The van der Waals surface area contributed by atoms with Gasteiger partial charge in [-0.15, -0.1) is 0 Å². The zero-order valence-electron chi connectivity index (χ0n) is 12.0. The molecule has 0 aliphatic carbocycles. The van der Waals surface area contributed by atoms with Gasteiger partial charge in [0.05, 0.1) is 5.69 Å². The number of aromatic nitrogens is 1. The van der Waals surface area contributed by atoms with Crippen molar-refractivity contribution in [3.8, 4) is 0 Å². The SMILES string of the molecule is CC(C)NCc1coc(N2CCCC(C)(C)C2)n1. The molecule has 0 bridgehead atoms. The normalized spacial score (nSPS) is 19.5. The molecule has 1 saturated heterocycles. The van der Waals surface area contributed by atoms with Gasteiger partial charge in [0.2, 0.25) is 0 Å². The largest absolute Gasteiger partial charge is 0.432 e. The summed E-state index contributed by atoms with van der Waals surface area (Å²) >= 11 is 0. The van der Waals surface area contributed by atoms with Gasteiger partial charge in [0.25, 0.3) is 6.01 Å². The van der Waals surface area contributed by atoms with Crippen LogP contribution in [0.25, 0.3) is 0 Å². The van der Waals surface area contributed by atoms with E-state index >= 15 is 0 Å². The highest BCUT2D eigenvalue weighted by molar-refractivity contribution is 5.28. The molecule has 2 rings (SSSR count). The minimum atomic E-state index is 0.364. The van der Waals surface area contributed by atoms with Crippen molar-refractivity contribution in [2.75, 3.05) is 18.0 Å². The first-order valence-electron chi connectivity index (χ1n) is 6.89. The Balaban J connectivity index is 1.97. The maximum Gasteiger partial charge on any atom is 0.297 e. The Kier molecular flexibility index (Phi) is 3.95. The topological polar surface area (TPSA) is 41.3 Å². The number of rotatable bonds is 4. The molecule has 0 aromatic carbocycles. The van der Waals surface area contributed by atoms with Crippen LogP contribution in [-0.2, 0) is 6.54 Å². The Bertz CT molecular complexity index is 384. The van der Waals surface area contributed by atoms with Crippen LogP contribution in [-0.4, -0.2) is 24.1 Å². The van der Waals surface area contributed by atoms with Gasteiger partial charge in [-0.05, 0) is 18.3 Å². The number of nitrogens with one attached hydrogen (secondary N) is 1. The van der Waals surface area contributed by atoms with Crippen LogP contribution in [0.2, 0.25) is 0 Å². The van der Waals surface area contributed by atoms with Crippen LogP contribution >= 0.6 is 0 Å². The van der Waals surface area contributed by atoms with Gasteiger partial charge in [0.15, 0.2) is 0 Å². The standard InChI is InChI=1S/C14H25N3O/c1-11(2)15-8-12-9-18-13(16-12)17-7-5-6-14(3,4)10-17/h9,11,15H,5-8,10H2,1-4H3. The second kappa shape index (κ2) is 5.31. The maximum atomic E-state index is 5.60. The number of nitrogens with zero attached hydrogens (tertiary/aromatic N) is 2. The molecule has 0 radical (unpaired) electrons. The molecule has 102 valence electrons. The number of hydrogen-bond donors (Lipinski definition) is 1. The molecule has 1 aromatic rings. The molecule has 2 heterocycles. The van der Waals surface area contributed by atoms with Gasteiger partial charge in [-0.2, -0.15) is 4.98 Å². The molecule has 1 aliphatic rings.